The Kier molecular flexibility index (Phi) is 4.91. The smallest absolute Gasteiger partial charge is 0.262 e. The van der Waals surface area contributed by atoms with Crippen LogP contribution in [0.25, 0.3) is 0 Å². The van der Waals surface area contributed by atoms with Crippen LogP contribution < -0.4 is 10.6 Å². The van der Waals surface area contributed by atoms with Crippen molar-refractivity contribution in [2.45, 2.75) is 50.7 Å². The molecule has 30 heavy (non-hydrogen) atoms. The minimum atomic E-state index is -0.920. The molecule has 0 saturated carbocycles. The Morgan fingerprint density at radius 1 is 1.00 bits per heavy atom. The van der Waals surface area contributed by atoms with E-state index in [1.807, 2.05) is 6.07 Å². The third-order valence-electron chi connectivity index (χ3n) is 6.89. The molecule has 3 fully saturated rings. The minimum absolute atomic E-state index is 0.126. The zero-order chi connectivity index (χ0) is 20.8. The van der Waals surface area contributed by atoms with E-state index in [0.29, 0.717) is 23.1 Å². The van der Waals surface area contributed by atoms with Crippen LogP contribution >= 0.6 is 0 Å². The third kappa shape index (κ3) is 3.33. The first kappa shape index (κ1) is 19.4. The van der Waals surface area contributed by atoms with Gasteiger partial charge in [0.1, 0.15) is 6.04 Å². The van der Waals surface area contributed by atoms with Crippen LogP contribution in [0.5, 0.6) is 0 Å². The average Bonchev–Trinajstić information content (AvgIpc) is 2.98. The van der Waals surface area contributed by atoms with Gasteiger partial charge in [-0.05, 0) is 62.4 Å². The number of piperidine rings is 3. The topological polar surface area (TPSA) is 98.8 Å². The summed E-state index contributed by atoms with van der Waals surface area (Å²) < 4.78 is 0. The molecule has 3 saturated heterocycles. The Morgan fingerprint density at radius 3 is 2.67 bits per heavy atom. The van der Waals surface area contributed by atoms with Crippen molar-refractivity contribution in [2.24, 2.45) is 5.92 Å². The second kappa shape index (κ2) is 7.59. The highest BCUT2D eigenvalue weighted by Gasteiger charge is 2.44. The fraction of sp³-hybridized carbons (Fsp3) is 0.545. The summed E-state index contributed by atoms with van der Waals surface area (Å²) in [6.45, 7) is 3.92. The lowest BCUT2D eigenvalue weighted by Crippen LogP contribution is -2.54. The largest absolute Gasteiger partial charge is 0.314 e. The van der Waals surface area contributed by atoms with Crippen molar-refractivity contribution in [2.75, 3.05) is 19.6 Å². The molecule has 158 valence electrons. The molecule has 4 heterocycles. The monoisotopic (exact) mass is 410 g/mol. The van der Waals surface area contributed by atoms with Gasteiger partial charge in [-0.25, -0.2) is 0 Å². The Bertz CT molecular complexity index is 930. The predicted octanol–water partition coefficient (Wildman–Crippen LogP) is 0.662. The standard InChI is InChI=1S/C22H26N4O4/c27-19-6-5-18(20(28)24-19)26-21(29)15-4-3-13(10-16(15)22(26)30)11-25-9-7-17-14(12-25)2-1-8-23-17/h3-4,10,14,17-18,23H,1-2,5-9,11-12H2,(H,24,27,28). The molecule has 4 aliphatic heterocycles. The number of amides is 4. The van der Waals surface area contributed by atoms with Crippen LogP contribution in [0.15, 0.2) is 18.2 Å². The van der Waals surface area contributed by atoms with Crippen molar-refractivity contribution in [1.29, 1.82) is 0 Å². The van der Waals surface area contributed by atoms with Crippen molar-refractivity contribution >= 4 is 23.6 Å². The zero-order valence-corrected chi connectivity index (χ0v) is 16.9. The molecular weight excluding hydrogens is 384 g/mol. The number of carbonyl (C=O) groups excluding carboxylic acids is 4. The normalized spacial score (nSPS) is 29.6. The van der Waals surface area contributed by atoms with E-state index in [2.05, 4.69) is 15.5 Å². The fourth-order valence-corrected chi connectivity index (χ4v) is 5.34. The maximum atomic E-state index is 13.0. The van der Waals surface area contributed by atoms with Gasteiger partial charge >= 0.3 is 0 Å². The Labute approximate surface area is 175 Å². The van der Waals surface area contributed by atoms with Gasteiger partial charge in [-0.15, -0.1) is 0 Å². The van der Waals surface area contributed by atoms with Crippen molar-refractivity contribution in [1.82, 2.24) is 20.4 Å². The SMILES string of the molecule is O=C1CCC(N2C(=O)c3ccc(CN4CCC5NCCCC5C4)cc3C2=O)C(=O)N1. The highest BCUT2D eigenvalue weighted by Crippen LogP contribution is 2.30. The number of rotatable bonds is 3. The Balaban J connectivity index is 1.31. The van der Waals surface area contributed by atoms with E-state index in [4.69, 9.17) is 0 Å². The van der Waals surface area contributed by atoms with Gasteiger partial charge in [-0.3, -0.25) is 34.3 Å². The highest BCUT2D eigenvalue weighted by molar-refractivity contribution is 6.23. The number of imide groups is 2. The summed E-state index contributed by atoms with van der Waals surface area (Å²) in [5.41, 5.74) is 1.70. The molecule has 5 rings (SSSR count). The molecule has 3 atom stereocenters. The van der Waals surface area contributed by atoms with Crippen molar-refractivity contribution in [3.8, 4) is 0 Å². The molecule has 4 amide bonds. The van der Waals surface area contributed by atoms with Gasteiger partial charge in [0.05, 0.1) is 11.1 Å². The van der Waals surface area contributed by atoms with Crippen molar-refractivity contribution < 1.29 is 19.2 Å². The highest BCUT2D eigenvalue weighted by atomic mass is 16.2. The van der Waals surface area contributed by atoms with Gasteiger partial charge in [-0.2, -0.15) is 0 Å². The van der Waals surface area contributed by atoms with Crippen molar-refractivity contribution in [3.05, 3.63) is 34.9 Å². The maximum Gasteiger partial charge on any atom is 0.262 e. The molecule has 3 unspecified atom stereocenters. The Morgan fingerprint density at radius 2 is 1.83 bits per heavy atom. The summed E-state index contributed by atoms with van der Waals surface area (Å²) in [4.78, 5) is 52.8. The van der Waals surface area contributed by atoms with Crippen LogP contribution in [0.1, 0.15) is 58.4 Å². The minimum Gasteiger partial charge on any atom is -0.314 e. The number of benzene rings is 1. The van der Waals surface area contributed by atoms with E-state index in [1.54, 1.807) is 12.1 Å². The van der Waals surface area contributed by atoms with E-state index >= 15 is 0 Å². The number of hydrogen-bond donors (Lipinski definition) is 2. The number of carbonyl (C=O) groups is 4. The van der Waals surface area contributed by atoms with Gasteiger partial charge in [0.15, 0.2) is 0 Å². The van der Waals surface area contributed by atoms with Crippen LogP contribution in [-0.2, 0) is 16.1 Å². The van der Waals surface area contributed by atoms with Crippen LogP contribution in [0.3, 0.4) is 0 Å². The average molecular weight is 410 g/mol. The second-order valence-corrected chi connectivity index (χ2v) is 8.81. The van der Waals surface area contributed by atoms with Gasteiger partial charge in [0.2, 0.25) is 11.8 Å². The molecule has 1 aromatic carbocycles. The van der Waals surface area contributed by atoms with Crippen LogP contribution in [0.2, 0.25) is 0 Å². The summed E-state index contributed by atoms with van der Waals surface area (Å²) in [5.74, 6) is -1.17. The number of nitrogens with one attached hydrogen (secondary N) is 2. The molecule has 4 aliphatic rings. The third-order valence-corrected chi connectivity index (χ3v) is 6.89. The molecule has 0 spiro atoms. The lowest BCUT2D eigenvalue weighted by atomic mass is 9.85. The molecule has 0 aliphatic carbocycles. The van der Waals surface area contributed by atoms with Crippen LogP contribution in [0.4, 0.5) is 0 Å². The van der Waals surface area contributed by atoms with Crippen LogP contribution in [-0.4, -0.2) is 65.1 Å². The number of hydrogen-bond acceptors (Lipinski definition) is 6. The maximum absolute atomic E-state index is 13.0. The van der Waals surface area contributed by atoms with Gasteiger partial charge in [0.25, 0.3) is 11.8 Å². The van der Waals surface area contributed by atoms with E-state index in [1.165, 1.54) is 12.8 Å². The van der Waals surface area contributed by atoms with E-state index in [9.17, 15) is 19.2 Å². The van der Waals surface area contributed by atoms with Gasteiger partial charge < -0.3 is 5.32 Å². The summed E-state index contributed by atoms with van der Waals surface area (Å²) in [6.07, 6.45) is 3.91. The summed E-state index contributed by atoms with van der Waals surface area (Å²) in [6, 6.07) is 5.11. The first-order chi connectivity index (χ1) is 14.5. The first-order valence-electron chi connectivity index (χ1n) is 10.8. The number of nitrogens with zero attached hydrogens (tertiary/aromatic N) is 2. The zero-order valence-electron chi connectivity index (χ0n) is 16.9. The summed E-state index contributed by atoms with van der Waals surface area (Å²) in [7, 11) is 0. The van der Waals surface area contributed by atoms with Gasteiger partial charge in [-0.1, -0.05) is 6.07 Å². The van der Waals surface area contributed by atoms with Crippen molar-refractivity contribution in [3.63, 3.8) is 0 Å². The fourth-order valence-electron chi connectivity index (χ4n) is 5.34. The number of likely N-dealkylation sites (tertiary alicyclic amines) is 1. The summed E-state index contributed by atoms with van der Waals surface area (Å²) >= 11 is 0. The van der Waals surface area contributed by atoms with Gasteiger partial charge in [0, 0.05) is 25.6 Å². The first-order valence-corrected chi connectivity index (χ1v) is 10.8. The quantitative estimate of drug-likeness (QED) is 0.711. The van der Waals surface area contributed by atoms with Crippen LogP contribution in [0, 0.1) is 5.92 Å². The lowest BCUT2D eigenvalue weighted by Gasteiger charge is -2.41. The van der Waals surface area contributed by atoms with E-state index in [0.717, 1.165) is 43.1 Å². The second-order valence-electron chi connectivity index (χ2n) is 8.81. The Hall–Kier alpha value is -2.58. The summed E-state index contributed by atoms with van der Waals surface area (Å²) in [5, 5.41) is 5.85. The van der Waals surface area contributed by atoms with E-state index in [-0.39, 0.29) is 18.7 Å². The predicted molar refractivity (Wildman–Crippen MR) is 108 cm³/mol. The molecule has 8 heteroatoms. The molecule has 2 N–H and O–H groups in total. The molecule has 0 bridgehead atoms. The molecule has 1 aromatic rings. The molecular formula is C22H26N4O4. The molecule has 0 aromatic heterocycles. The lowest BCUT2D eigenvalue weighted by molar-refractivity contribution is -0.136. The number of fused-ring (bicyclic) bond motifs is 2. The van der Waals surface area contributed by atoms with E-state index < -0.39 is 23.8 Å². The molecule has 0 radical (unpaired) electrons. The molecule has 8 nitrogen and oxygen atoms in total.